The monoisotopic (exact) mass is 419 g/mol. The zero-order valence-corrected chi connectivity index (χ0v) is 17.7. The summed E-state index contributed by atoms with van der Waals surface area (Å²) >= 11 is 5.98. The number of fused-ring (bicyclic) bond motifs is 1. The van der Waals surface area contributed by atoms with Crippen LogP contribution in [0.2, 0.25) is 5.02 Å². The van der Waals surface area contributed by atoms with Crippen molar-refractivity contribution < 1.29 is 4.79 Å². The first-order valence-electron chi connectivity index (χ1n) is 10.8. The highest BCUT2D eigenvalue weighted by molar-refractivity contribution is 6.30. The number of pyridine rings is 1. The molecule has 0 unspecified atom stereocenters. The predicted molar refractivity (Wildman–Crippen MR) is 121 cm³/mol. The van der Waals surface area contributed by atoms with Crippen molar-refractivity contribution in [1.29, 1.82) is 0 Å². The summed E-state index contributed by atoms with van der Waals surface area (Å²) in [5, 5.41) is 5.01. The Kier molecular flexibility index (Phi) is 5.45. The molecule has 0 atom stereocenters. The zero-order valence-electron chi connectivity index (χ0n) is 17.0. The van der Waals surface area contributed by atoms with Gasteiger partial charge < -0.3 is 5.32 Å². The van der Waals surface area contributed by atoms with E-state index in [1.807, 2.05) is 42.5 Å². The average Bonchev–Trinajstić information content (AvgIpc) is 3.61. The van der Waals surface area contributed by atoms with Gasteiger partial charge in [-0.15, -0.1) is 0 Å². The van der Waals surface area contributed by atoms with Crippen LogP contribution in [0.15, 0.2) is 54.6 Å². The van der Waals surface area contributed by atoms with Gasteiger partial charge in [-0.05, 0) is 55.5 Å². The van der Waals surface area contributed by atoms with Gasteiger partial charge in [0.05, 0.1) is 11.1 Å². The molecule has 30 heavy (non-hydrogen) atoms. The summed E-state index contributed by atoms with van der Waals surface area (Å²) in [5.74, 6) is 0.559. The van der Waals surface area contributed by atoms with Gasteiger partial charge in [-0.25, -0.2) is 0 Å². The van der Waals surface area contributed by atoms with Gasteiger partial charge in [0.1, 0.15) is 0 Å². The lowest BCUT2D eigenvalue weighted by atomic mass is 10.0. The number of halogens is 1. The smallest absolute Gasteiger partial charge is 0.252 e. The van der Waals surface area contributed by atoms with Crippen LogP contribution in [0.25, 0.3) is 10.9 Å². The molecule has 1 aromatic heterocycles. The standard InChI is InChI=1S/C25H26ClN3O/c26-19-9-5-17(6-10-19)16-29-13-11-20(12-14-29)27-25(30)22-15-24(18-7-8-18)28-23-4-2-1-3-21(22)23/h1-6,9-10,15,18,20H,7-8,11-14,16H2,(H,27,30). The molecule has 4 nitrogen and oxygen atoms in total. The Labute approximate surface area is 182 Å². The number of likely N-dealkylation sites (tertiary alicyclic amines) is 1. The van der Waals surface area contributed by atoms with Crippen molar-refractivity contribution in [3.8, 4) is 0 Å². The van der Waals surface area contributed by atoms with Crippen LogP contribution in [0.4, 0.5) is 0 Å². The summed E-state index contributed by atoms with van der Waals surface area (Å²) in [6, 6.07) is 18.3. The van der Waals surface area contributed by atoms with Crippen molar-refractivity contribution in [1.82, 2.24) is 15.2 Å². The van der Waals surface area contributed by atoms with E-state index in [-0.39, 0.29) is 11.9 Å². The van der Waals surface area contributed by atoms with Gasteiger partial charge in [-0.3, -0.25) is 14.7 Å². The Morgan fingerprint density at radius 2 is 1.77 bits per heavy atom. The second-order valence-corrected chi connectivity index (χ2v) is 8.97. The van der Waals surface area contributed by atoms with Crippen LogP contribution in [0.5, 0.6) is 0 Å². The lowest BCUT2D eigenvalue weighted by Crippen LogP contribution is -2.44. The molecule has 1 saturated carbocycles. The SMILES string of the molecule is O=C(NC1CCN(Cc2ccc(Cl)cc2)CC1)c1cc(C2CC2)nc2ccccc12. The minimum Gasteiger partial charge on any atom is -0.349 e. The Hall–Kier alpha value is -2.43. The fourth-order valence-corrected chi connectivity index (χ4v) is 4.44. The number of benzene rings is 2. The van der Waals surface area contributed by atoms with Gasteiger partial charge in [0.2, 0.25) is 0 Å². The third-order valence-electron chi connectivity index (χ3n) is 6.22. The maximum absolute atomic E-state index is 13.2. The number of rotatable bonds is 5. The fourth-order valence-electron chi connectivity index (χ4n) is 4.32. The number of carbonyl (C=O) groups is 1. The second-order valence-electron chi connectivity index (χ2n) is 8.54. The number of para-hydroxylation sites is 1. The Bertz CT molecular complexity index is 1050. The van der Waals surface area contributed by atoms with E-state index >= 15 is 0 Å². The minimum absolute atomic E-state index is 0.0339. The first-order valence-corrected chi connectivity index (χ1v) is 11.2. The molecule has 5 heteroatoms. The highest BCUT2D eigenvalue weighted by Crippen LogP contribution is 2.40. The van der Waals surface area contributed by atoms with E-state index in [1.54, 1.807) is 0 Å². The van der Waals surface area contributed by atoms with E-state index in [4.69, 9.17) is 16.6 Å². The molecule has 2 aliphatic rings. The number of amides is 1. The molecule has 5 rings (SSSR count). The lowest BCUT2D eigenvalue weighted by molar-refractivity contribution is 0.0910. The van der Waals surface area contributed by atoms with Gasteiger partial charge in [-0.1, -0.05) is 41.9 Å². The Balaban J connectivity index is 1.24. The number of nitrogens with one attached hydrogen (secondary N) is 1. The summed E-state index contributed by atoms with van der Waals surface area (Å²) < 4.78 is 0. The van der Waals surface area contributed by atoms with Crippen LogP contribution >= 0.6 is 11.6 Å². The fraction of sp³-hybridized carbons (Fsp3) is 0.360. The van der Waals surface area contributed by atoms with Crippen molar-refractivity contribution in [2.45, 2.75) is 44.2 Å². The molecule has 1 aliphatic heterocycles. The topological polar surface area (TPSA) is 45.2 Å². The molecule has 2 heterocycles. The zero-order chi connectivity index (χ0) is 20.5. The summed E-state index contributed by atoms with van der Waals surface area (Å²) in [6.07, 6.45) is 4.30. The van der Waals surface area contributed by atoms with E-state index in [9.17, 15) is 4.79 Å². The molecule has 0 bridgehead atoms. The number of piperidine rings is 1. The van der Waals surface area contributed by atoms with Gasteiger partial charge in [0.25, 0.3) is 5.91 Å². The van der Waals surface area contributed by atoms with Gasteiger partial charge in [-0.2, -0.15) is 0 Å². The third kappa shape index (κ3) is 4.35. The van der Waals surface area contributed by atoms with E-state index in [0.717, 1.165) is 59.7 Å². The molecule has 1 aliphatic carbocycles. The molecule has 3 aromatic rings. The first-order chi connectivity index (χ1) is 14.7. The molecule has 1 N–H and O–H groups in total. The number of hydrogen-bond acceptors (Lipinski definition) is 3. The molecule has 1 saturated heterocycles. The summed E-state index contributed by atoms with van der Waals surface area (Å²) in [6.45, 7) is 2.90. The highest BCUT2D eigenvalue weighted by atomic mass is 35.5. The lowest BCUT2D eigenvalue weighted by Gasteiger charge is -2.32. The normalized spacial score (nSPS) is 17.9. The Morgan fingerprint density at radius 1 is 1.03 bits per heavy atom. The van der Waals surface area contributed by atoms with Gasteiger partial charge in [0, 0.05) is 47.7 Å². The number of aromatic nitrogens is 1. The number of carbonyl (C=O) groups excluding carboxylic acids is 1. The molecule has 0 radical (unpaired) electrons. The van der Waals surface area contributed by atoms with Crippen molar-refractivity contribution in [2.75, 3.05) is 13.1 Å². The minimum atomic E-state index is 0.0339. The van der Waals surface area contributed by atoms with Crippen LogP contribution in [0.1, 0.15) is 53.2 Å². The van der Waals surface area contributed by atoms with Gasteiger partial charge in [0.15, 0.2) is 0 Å². The highest BCUT2D eigenvalue weighted by Gasteiger charge is 2.28. The molecule has 0 spiro atoms. The molecule has 1 amide bonds. The van der Waals surface area contributed by atoms with Crippen molar-refractivity contribution in [3.05, 3.63) is 76.4 Å². The Morgan fingerprint density at radius 3 is 2.50 bits per heavy atom. The van der Waals surface area contributed by atoms with E-state index < -0.39 is 0 Å². The van der Waals surface area contributed by atoms with Crippen LogP contribution in [-0.4, -0.2) is 34.9 Å². The average molecular weight is 420 g/mol. The quantitative estimate of drug-likeness (QED) is 0.621. The van der Waals surface area contributed by atoms with Crippen LogP contribution in [-0.2, 0) is 6.54 Å². The number of hydrogen-bond donors (Lipinski definition) is 1. The maximum atomic E-state index is 13.2. The van der Waals surface area contributed by atoms with Crippen molar-refractivity contribution in [3.63, 3.8) is 0 Å². The number of nitrogens with zero attached hydrogens (tertiary/aromatic N) is 2. The van der Waals surface area contributed by atoms with Crippen LogP contribution in [0, 0.1) is 0 Å². The second kappa shape index (κ2) is 8.37. The molecular formula is C25H26ClN3O. The van der Waals surface area contributed by atoms with E-state index in [2.05, 4.69) is 22.3 Å². The molecule has 2 aromatic carbocycles. The first kappa shape index (κ1) is 19.5. The largest absolute Gasteiger partial charge is 0.349 e. The van der Waals surface area contributed by atoms with Gasteiger partial charge >= 0.3 is 0 Å². The van der Waals surface area contributed by atoms with E-state index in [1.165, 1.54) is 18.4 Å². The van der Waals surface area contributed by atoms with Crippen LogP contribution in [0.3, 0.4) is 0 Å². The molecular weight excluding hydrogens is 394 g/mol. The van der Waals surface area contributed by atoms with Crippen molar-refractivity contribution >= 4 is 28.4 Å². The maximum Gasteiger partial charge on any atom is 0.252 e. The van der Waals surface area contributed by atoms with Crippen molar-refractivity contribution in [2.24, 2.45) is 0 Å². The third-order valence-corrected chi connectivity index (χ3v) is 6.47. The summed E-state index contributed by atoms with van der Waals surface area (Å²) in [4.78, 5) is 20.4. The van der Waals surface area contributed by atoms with E-state index in [0.29, 0.717) is 5.92 Å². The molecule has 154 valence electrons. The molecule has 2 fully saturated rings. The summed E-state index contributed by atoms with van der Waals surface area (Å²) in [7, 11) is 0. The predicted octanol–water partition coefficient (Wildman–Crippen LogP) is 5.16. The van der Waals surface area contributed by atoms with Crippen LogP contribution < -0.4 is 5.32 Å². The summed E-state index contributed by atoms with van der Waals surface area (Å²) in [5.41, 5.74) is 4.03.